The molecule has 0 amide bonds. The summed E-state index contributed by atoms with van der Waals surface area (Å²) in [6, 6.07) is 9.48. The van der Waals surface area contributed by atoms with E-state index in [1.54, 1.807) is 0 Å². The van der Waals surface area contributed by atoms with Crippen molar-refractivity contribution >= 4 is 11.9 Å². The van der Waals surface area contributed by atoms with Crippen molar-refractivity contribution in [1.82, 2.24) is 0 Å². The minimum absolute atomic E-state index is 0.0133. The first-order valence-corrected chi connectivity index (χ1v) is 6.53. The van der Waals surface area contributed by atoms with Gasteiger partial charge in [0.15, 0.2) is 5.92 Å². The molecule has 1 aromatic rings. The normalized spacial score (nSPS) is 12.0. The molecule has 1 aromatic carbocycles. The second-order valence-corrected chi connectivity index (χ2v) is 4.49. The summed E-state index contributed by atoms with van der Waals surface area (Å²) in [5.74, 6) is -2.61. The molecule has 0 aliphatic carbocycles. The van der Waals surface area contributed by atoms with Gasteiger partial charge in [-0.05, 0) is 12.0 Å². The Hall–Kier alpha value is -1.92. The van der Waals surface area contributed by atoms with Crippen LogP contribution < -0.4 is 0 Å². The largest absolute Gasteiger partial charge is 0.468 e. The zero-order chi connectivity index (χ0) is 15.7. The number of aliphatic hydroxyl groups is 1. The Bertz CT molecular complexity index is 429. The first-order valence-electron chi connectivity index (χ1n) is 6.53. The number of benzene rings is 1. The van der Waals surface area contributed by atoms with Gasteiger partial charge in [0.1, 0.15) is 0 Å². The number of hydrogen-bond acceptors (Lipinski definition) is 6. The predicted molar refractivity (Wildman–Crippen MR) is 74.2 cm³/mol. The Balaban J connectivity index is 2.41. The summed E-state index contributed by atoms with van der Waals surface area (Å²) in [6.07, 6.45) is -1.06. The molecule has 0 saturated carbocycles. The van der Waals surface area contributed by atoms with Gasteiger partial charge in [-0.1, -0.05) is 30.3 Å². The number of aliphatic hydroxyl groups excluding tert-OH is 1. The van der Waals surface area contributed by atoms with E-state index in [0.717, 1.165) is 5.56 Å². The molecule has 0 aliphatic heterocycles. The van der Waals surface area contributed by atoms with Crippen LogP contribution in [0.25, 0.3) is 0 Å². The Morgan fingerprint density at radius 1 is 1.10 bits per heavy atom. The average Bonchev–Trinajstić information content (AvgIpc) is 2.52. The van der Waals surface area contributed by atoms with E-state index in [9.17, 15) is 14.7 Å². The highest BCUT2D eigenvalue weighted by Crippen LogP contribution is 2.12. The molecule has 6 heteroatoms. The molecule has 1 N–H and O–H groups in total. The molecule has 0 radical (unpaired) electrons. The minimum Gasteiger partial charge on any atom is -0.468 e. The van der Waals surface area contributed by atoms with Gasteiger partial charge >= 0.3 is 11.9 Å². The zero-order valence-corrected chi connectivity index (χ0v) is 12.2. The maximum absolute atomic E-state index is 11.5. The highest BCUT2D eigenvalue weighted by molar-refractivity contribution is 5.94. The van der Waals surface area contributed by atoms with Gasteiger partial charge in [0, 0.05) is 0 Å². The van der Waals surface area contributed by atoms with Crippen LogP contribution in [-0.4, -0.2) is 44.0 Å². The summed E-state index contributed by atoms with van der Waals surface area (Å²) in [4.78, 5) is 22.9. The van der Waals surface area contributed by atoms with Crippen LogP contribution in [0.5, 0.6) is 0 Å². The van der Waals surface area contributed by atoms with Crippen LogP contribution in [0.4, 0.5) is 0 Å². The molecule has 0 bridgehead atoms. The molecule has 0 aliphatic rings. The monoisotopic (exact) mass is 296 g/mol. The van der Waals surface area contributed by atoms with E-state index in [-0.39, 0.29) is 13.0 Å². The fourth-order valence-corrected chi connectivity index (χ4v) is 1.80. The Morgan fingerprint density at radius 3 is 2.19 bits per heavy atom. The Labute approximate surface area is 123 Å². The number of carbonyl (C=O) groups excluding carboxylic acids is 2. The van der Waals surface area contributed by atoms with Crippen LogP contribution in [-0.2, 0) is 30.4 Å². The van der Waals surface area contributed by atoms with Crippen molar-refractivity contribution in [2.75, 3.05) is 20.8 Å². The number of rotatable bonds is 8. The third kappa shape index (κ3) is 5.93. The van der Waals surface area contributed by atoms with Crippen molar-refractivity contribution < 1.29 is 28.9 Å². The highest BCUT2D eigenvalue weighted by atomic mass is 16.5. The molecular weight excluding hydrogens is 276 g/mol. The van der Waals surface area contributed by atoms with Gasteiger partial charge in [0.25, 0.3) is 0 Å². The van der Waals surface area contributed by atoms with Gasteiger partial charge in [-0.2, -0.15) is 0 Å². The quantitative estimate of drug-likeness (QED) is 0.567. The molecule has 6 nitrogen and oxygen atoms in total. The fraction of sp³-hybridized carbons (Fsp3) is 0.467. The van der Waals surface area contributed by atoms with Crippen molar-refractivity contribution in [1.29, 1.82) is 0 Å². The molecular formula is C15H20O6. The maximum Gasteiger partial charge on any atom is 0.320 e. The molecule has 1 unspecified atom stereocenters. The first kappa shape index (κ1) is 17.1. The van der Waals surface area contributed by atoms with Crippen LogP contribution >= 0.6 is 0 Å². The van der Waals surface area contributed by atoms with Crippen molar-refractivity contribution in [3.05, 3.63) is 35.9 Å². The first-order chi connectivity index (χ1) is 10.1. The lowest BCUT2D eigenvalue weighted by atomic mass is 10.0. The molecule has 0 spiro atoms. The summed E-state index contributed by atoms with van der Waals surface area (Å²) < 4.78 is 14.4. The van der Waals surface area contributed by atoms with Gasteiger partial charge in [-0.25, -0.2) is 0 Å². The van der Waals surface area contributed by atoms with E-state index >= 15 is 0 Å². The summed E-state index contributed by atoms with van der Waals surface area (Å²) in [5.41, 5.74) is 0.974. The number of esters is 2. The lowest BCUT2D eigenvalue weighted by Crippen LogP contribution is -2.31. The van der Waals surface area contributed by atoms with Gasteiger partial charge in [0.05, 0.1) is 33.5 Å². The van der Waals surface area contributed by atoms with E-state index in [2.05, 4.69) is 9.47 Å². The van der Waals surface area contributed by atoms with Crippen LogP contribution in [0.3, 0.4) is 0 Å². The number of ether oxygens (including phenoxy) is 3. The van der Waals surface area contributed by atoms with E-state index in [0.29, 0.717) is 6.61 Å². The number of carbonyl (C=O) groups is 2. The fourth-order valence-electron chi connectivity index (χ4n) is 1.80. The van der Waals surface area contributed by atoms with E-state index in [4.69, 9.17) is 4.74 Å². The van der Waals surface area contributed by atoms with Gasteiger partial charge < -0.3 is 19.3 Å². The number of methoxy groups -OCH3 is 2. The smallest absolute Gasteiger partial charge is 0.320 e. The van der Waals surface area contributed by atoms with Crippen LogP contribution in [0, 0.1) is 5.92 Å². The zero-order valence-electron chi connectivity index (χ0n) is 12.2. The predicted octanol–water partition coefficient (Wildman–Crippen LogP) is 0.916. The van der Waals surface area contributed by atoms with Gasteiger partial charge in [-0.15, -0.1) is 0 Å². The molecule has 0 fully saturated rings. The molecule has 1 atom stereocenters. The highest BCUT2D eigenvalue weighted by Gasteiger charge is 2.31. The van der Waals surface area contributed by atoms with Crippen LogP contribution in [0.1, 0.15) is 12.0 Å². The summed E-state index contributed by atoms with van der Waals surface area (Å²) in [7, 11) is 2.35. The molecule has 116 valence electrons. The molecule has 1 rings (SSSR count). The van der Waals surface area contributed by atoms with Crippen molar-refractivity contribution in [3.63, 3.8) is 0 Å². The molecule has 0 aromatic heterocycles. The molecule has 0 saturated heterocycles. The van der Waals surface area contributed by atoms with Crippen molar-refractivity contribution in [3.8, 4) is 0 Å². The average molecular weight is 296 g/mol. The number of hydrogen-bond donors (Lipinski definition) is 1. The van der Waals surface area contributed by atoms with E-state index in [1.807, 2.05) is 30.3 Å². The lowest BCUT2D eigenvalue weighted by molar-refractivity contribution is -0.160. The Morgan fingerprint density at radius 2 is 1.67 bits per heavy atom. The molecule has 21 heavy (non-hydrogen) atoms. The minimum atomic E-state index is -1.14. The van der Waals surface area contributed by atoms with Gasteiger partial charge in [-0.3, -0.25) is 9.59 Å². The summed E-state index contributed by atoms with van der Waals surface area (Å²) in [5, 5.41) is 9.85. The van der Waals surface area contributed by atoms with Crippen LogP contribution in [0.15, 0.2) is 30.3 Å². The van der Waals surface area contributed by atoms with Gasteiger partial charge in [0.2, 0.25) is 0 Å². The molecule has 0 heterocycles. The van der Waals surface area contributed by atoms with Crippen LogP contribution in [0.2, 0.25) is 0 Å². The SMILES string of the molecule is COC(=O)C(CC(O)COCc1ccccc1)C(=O)OC. The summed E-state index contributed by atoms with van der Waals surface area (Å²) in [6.45, 7) is 0.360. The van der Waals surface area contributed by atoms with Crippen molar-refractivity contribution in [2.24, 2.45) is 5.92 Å². The summed E-state index contributed by atoms with van der Waals surface area (Å²) >= 11 is 0. The van der Waals surface area contributed by atoms with E-state index in [1.165, 1.54) is 14.2 Å². The Kier molecular flexibility index (Phi) is 7.42. The standard InChI is InChI=1S/C15H20O6/c1-19-14(17)13(15(18)20-2)8-12(16)10-21-9-11-6-4-3-5-7-11/h3-7,12-13,16H,8-10H2,1-2H3. The third-order valence-electron chi connectivity index (χ3n) is 2.90. The third-order valence-corrected chi connectivity index (χ3v) is 2.90. The lowest BCUT2D eigenvalue weighted by Gasteiger charge is -2.16. The second-order valence-electron chi connectivity index (χ2n) is 4.49. The van der Waals surface area contributed by atoms with Crippen molar-refractivity contribution in [2.45, 2.75) is 19.1 Å². The topological polar surface area (TPSA) is 82.1 Å². The second kappa shape index (κ2) is 9.10. The maximum atomic E-state index is 11.5. The van der Waals surface area contributed by atoms with E-state index < -0.39 is 24.0 Å².